The number of anilines is 1. The van der Waals surface area contributed by atoms with Crippen molar-refractivity contribution in [2.75, 3.05) is 11.4 Å². The van der Waals surface area contributed by atoms with Gasteiger partial charge in [-0.15, -0.1) is 0 Å². The number of aryl methyl sites for hydroxylation is 1. The van der Waals surface area contributed by atoms with Crippen LogP contribution in [0.4, 0.5) is 10.1 Å². The molecule has 142 valence electrons. The van der Waals surface area contributed by atoms with Gasteiger partial charge in [-0.3, -0.25) is 9.59 Å². The SMILES string of the molecule is Cc1cccc(C(=O)NC(C)CC2(C)CCN(c3cccc(F)c3)C2=O)n1. The number of carbonyl (C=O) groups is 2. The van der Waals surface area contributed by atoms with Crippen LogP contribution in [0.25, 0.3) is 0 Å². The molecule has 2 unspecified atom stereocenters. The molecule has 1 saturated heterocycles. The molecule has 1 aromatic heterocycles. The molecular weight excluding hydrogens is 345 g/mol. The number of carbonyl (C=O) groups excluding carboxylic acids is 2. The lowest BCUT2D eigenvalue weighted by Crippen LogP contribution is -2.40. The summed E-state index contributed by atoms with van der Waals surface area (Å²) < 4.78 is 13.5. The molecule has 1 aromatic carbocycles. The second-order valence-electron chi connectivity index (χ2n) is 7.49. The van der Waals surface area contributed by atoms with Crippen molar-refractivity contribution in [2.45, 2.75) is 39.7 Å². The Hall–Kier alpha value is -2.76. The third kappa shape index (κ3) is 4.15. The lowest BCUT2D eigenvalue weighted by atomic mass is 9.82. The molecule has 5 nitrogen and oxygen atoms in total. The van der Waals surface area contributed by atoms with Crippen LogP contribution in [-0.2, 0) is 4.79 Å². The average Bonchev–Trinajstić information content (AvgIpc) is 2.89. The minimum atomic E-state index is -0.598. The highest BCUT2D eigenvalue weighted by atomic mass is 19.1. The number of nitrogens with one attached hydrogen (secondary N) is 1. The van der Waals surface area contributed by atoms with Crippen LogP contribution in [0.15, 0.2) is 42.5 Å². The first kappa shape index (κ1) is 19.0. The Bertz CT molecular complexity index is 870. The smallest absolute Gasteiger partial charge is 0.270 e. The molecule has 2 aromatic rings. The Labute approximate surface area is 158 Å². The fourth-order valence-corrected chi connectivity index (χ4v) is 3.67. The van der Waals surface area contributed by atoms with Crippen LogP contribution in [0.5, 0.6) is 0 Å². The highest BCUT2D eigenvalue weighted by molar-refractivity contribution is 5.99. The molecule has 2 amide bonds. The average molecular weight is 369 g/mol. The van der Waals surface area contributed by atoms with Crippen LogP contribution in [0.2, 0.25) is 0 Å². The Balaban J connectivity index is 1.66. The summed E-state index contributed by atoms with van der Waals surface area (Å²) >= 11 is 0. The first-order chi connectivity index (χ1) is 12.8. The standard InChI is InChI=1S/C21H24FN3O2/c1-14-6-4-9-18(23-14)19(26)24-15(2)13-21(3)10-11-25(20(21)27)17-8-5-7-16(22)12-17/h4-9,12,15H,10-11,13H2,1-3H3,(H,24,26). The fraction of sp³-hybridized carbons (Fsp3) is 0.381. The summed E-state index contributed by atoms with van der Waals surface area (Å²) in [6.07, 6.45) is 1.17. The van der Waals surface area contributed by atoms with Crippen molar-refractivity contribution in [3.8, 4) is 0 Å². The van der Waals surface area contributed by atoms with Crippen LogP contribution in [0.3, 0.4) is 0 Å². The van der Waals surface area contributed by atoms with Gasteiger partial charge in [0, 0.05) is 24.0 Å². The summed E-state index contributed by atoms with van der Waals surface area (Å²) in [4.78, 5) is 31.2. The molecule has 0 spiro atoms. The molecule has 2 heterocycles. The summed E-state index contributed by atoms with van der Waals surface area (Å²) in [5.41, 5.74) is 1.12. The van der Waals surface area contributed by atoms with E-state index < -0.39 is 5.41 Å². The van der Waals surface area contributed by atoms with Gasteiger partial charge in [-0.25, -0.2) is 9.37 Å². The summed E-state index contributed by atoms with van der Waals surface area (Å²) in [6, 6.07) is 11.2. The Morgan fingerprint density at radius 2 is 2.07 bits per heavy atom. The van der Waals surface area contributed by atoms with Crippen LogP contribution in [0, 0.1) is 18.2 Å². The maximum Gasteiger partial charge on any atom is 0.270 e. The number of pyridine rings is 1. The summed E-state index contributed by atoms with van der Waals surface area (Å²) in [7, 11) is 0. The van der Waals surface area contributed by atoms with Crippen molar-refractivity contribution >= 4 is 17.5 Å². The predicted octanol–water partition coefficient (Wildman–Crippen LogP) is 3.48. The second-order valence-corrected chi connectivity index (χ2v) is 7.49. The van der Waals surface area contributed by atoms with E-state index in [0.717, 1.165) is 5.69 Å². The second kappa shape index (κ2) is 7.47. The van der Waals surface area contributed by atoms with Gasteiger partial charge in [0.05, 0.1) is 5.41 Å². The molecule has 1 aliphatic rings. The van der Waals surface area contributed by atoms with E-state index in [1.165, 1.54) is 12.1 Å². The monoisotopic (exact) mass is 369 g/mol. The maximum absolute atomic E-state index is 13.5. The summed E-state index contributed by atoms with van der Waals surface area (Å²) in [5.74, 6) is -0.648. The van der Waals surface area contributed by atoms with Gasteiger partial charge in [0.2, 0.25) is 5.91 Å². The van der Waals surface area contributed by atoms with Crippen molar-refractivity contribution in [1.82, 2.24) is 10.3 Å². The zero-order chi connectivity index (χ0) is 19.6. The van der Waals surface area contributed by atoms with Gasteiger partial charge in [-0.05, 0) is 57.0 Å². The van der Waals surface area contributed by atoms with Crippen molar-refractivity contribution in [1.29, 1.82) is 0 Å². The van der Waals surface area contributed by atoms with Crippen LogP contribution in [0.1, 0.15) is 42.9 Å². The zero-order valence-electron chi connectivity index (χ0n) is 15.8. The normalized spacial score (nSPS) is 20.6. The third-order valence-corrected chi connectivity index (χ3v) is 5.02. The quantitative estimate of drug-likeness (QED) is 0.878. The molecule has 1 aliphatic heterocycles. The van der Waals surface area contributed by atoms with Crippen LogP contribution >= 0.6 is 0 Å². The lowest BCUT2D eigenvalue weighted by molar-refractivity contribution is -0.125. The lowest BCUT2D eigenvalue weighted by Gasteiger charge is -2.27. The van der Waals surface area contributed by atoms with E-state index in [2.05, 4.69) is 10.3 Å². The molecule has 0 saturated carbocycles. The number of hydrogen-bond acceptors (Lipinski definition) is 3. The molecule has 27 heavy (non-hydrogen) atoms. The molecule has 0 bridgehead atoms. The topological polar surface area (TPSA) is 62.3 Å². The van der Waals surface area contributed by atoms with Gasteiger partial charge in [-0.2, -0.15) is 0 Å². The minimum absolute atomic E-state index is 0.0390. The highest BCUT2D eigenvalue weighted by Crippen LogP contribution is 2.38. The van der Waals surface area contributed by atoms with Gasteiger partial charge in [-0.1, -0.05) is 19.1 Å². The Kier molecular flexibility index (Phi) is 5.26. The number of benzene rings is 1. The van der Waals surface area contributed by atoms with Crippen LogP contribution in [-0.4, -0.2) is 29.4 Å². The molecule has 0 aliphatic carbocycles. The number of aromatic nitrogens is 1. The molecule has 6 heteroatoms. The van der Waals surface area contributed by atoms with Gasteiger partial charge in [0.1, 0.15) is 11.5 Å². The highest BCUT2D eigenvalue weighted by Gasteiger charge is 2.44. The minimum Gasteiger partial charge on any atom is -0.348 e. The predicted molar refractivity (Wildman–Crippen MR) is 102 cm³/mol. The van der Waals surface area contributed by atoms with E-state index >= 15 is 0 Å². The first-order valence-corrected chi connectivity index (χ1v) is 9.10. The molecule has 2 atom stereocenters. The van der Waals surface area contributed by atoms with Gasteiger partial charge >= 0.3 is 0 Å². The summed E-state index contributed by atoms with van der Waals surface area (Å²) in [5, 5.41) is 2.93. The molecule has 1 N–H and O–H groups in total. The van der Waals surface area contributed by atoms with E-state index in [1.807, 2.05) is 26.8 Å². The van der Waals surface area contributed by atoms with Crippen LogP contribution < -0.4 is 10.2 Å². The number of amides is 2. The number of hydrogen-bond donors (Lipinski definition) is 1. The van der Waals surface area contributed by atoms with Gasteiger partial charge in [0.15, 0.2) is 0 Å². The van der Waals surface area contributed by atoms with Crippen molar-refractivity contribution in [3.63, 3.8) is 0 Å². The third-order valence-electron chi connectivity index (χ3n) is 5.02. The van der Waals surface area contributed by atoms with E-state index in [-0.39, 0.29) is 23.7 Å². The van der Waals surface area contributed by atoms with E-state index in [4.69, 9.17) is 0 Å². The maximum atomic E-state index is 13.5. The Morgan fingerprint density at radius 3 is 2.78 bits per heavy atom. The summed E-state index contributed by atoms with van der Waals surface area (Å²) in [6.45, 7) is 6.16. The Morgan fingerprint density at radius 1 is 1.33 bits per heavy atom. The van der Waals surface area contributed by atoms with Gasteiger partial charge < -0.3 is 10.2 Å². The molecule has 1 fully saturated rings. The zero-order valence-corrected chi connectivity index (χ0v) is 15.8. The van der Waals surface area contributed by atoms with E-state index in [1.54, 1.807) is 29.2 Å². The number of rotatable bonds is 5. The van der Waals surface area contributed by atoms with Crippen molar-refractivity contribution in [3.05, 3.63) is 59.7 Å². The molecule has 0 radical (unpaired) electrons. The van der Waals surface area contributed by atoms with Crippen molar-refractivity contribution < 1.29 is 14.0 Å². The van der Waals surface area contributed by atoms with E-state index in [0.29, 0.717) is 30.8 Å². The van der Waals surface area contributed by atoms with E-state index in [9.17, 15) is 14.0 Å². The number of halogens is 1. The fourth-order valence-electron chi connectivity index (χ4n) is 3.67. The van der Waals surface area contributed by atoms with Crippen molar-refractivity contribution in [2.24, 2.45) is 5.41 Å². The number of nitrogens with zero attached hydrogens (tertiary/aromatic N) is 2. The first-order valence-electron chi connectivity index (χ1n) is 9.10. The molecular formula is C21H24FN3O2. The largest absolute Gasteiger partial charge is 0.348 e. The molecule has 3 rings (SSSR count). The van der Waals surface area contributed by atoms with Gasteiger partial charge in [0.25, 0.3) is 5.91 Å².